The van der Waals surface area contributed by atoms with Gasteiger partial charge >= 0.3 is 5.97 Å². The predicted octanol–water partition coefficient (Wildman–Crippen LogP) is 1.17. The largest absolute Gasteiger partial charge is 0.481 e. The van der Waals surface area contributed by atoms with E-state index in [2.05, 4.69) is 4.72 Å². The number of carboxylic acids is 1. The van der Waals surface area contributed by atoms with Gasteiger partial charge in [-0.05, 0) is 30.2 Å². The van der Waals surface area contributed by atoms with Gasteiger partial charge in [0, 0.05) is 25.7 Å². The number of sulfonamides is 1. The van der Waals surface area contributed by atoms with E-state index in [4.69, 9.17) is 5.11 Å². The first-order valence-electron chi connectivity index (χ1n) is 7.20. The van der Waals surface area contributed by atoms with Gasteiger partial charge in [-0.1, -0.05) is 13.8 Å². The second kappa shape index (κ2) is 8.07. The third kappa shape index (κ3) is 5.99. The second-order valence-electron chi connectivity index (χ2n) is 5.64. The molecular weight excluding hydrogens is 320 g/mol. The van der Waals surface area contributed by atoms with E-state index in [9.17, 15) is 18.0 Å². The maximum absolute atomic E-state index is 12.1. The van der Waals surface area contributed by atoms with Gasteiger partial charge in [-0.2, -0.15) is 0 Å². The Bertz CT molecular complexity index is 653. The average Bonchev–Trinajstić information content (AvgIpc) is 2.50. The van der Waals surface area contributed by atoms with Crippen molar-refractivity contribution < 1.29 is 23.1 Å². The highest BCUT2D eigenvalue weighted by atomic mass is 32.2. The van der Waals surface area contributed by atoms with Crippen LogP contribution in [-0.2, 0) is 14.8 Å². The Morgan fingerprint density at radius 1 is 1.22 bits per heavy atom. The van der Waals surface area contributed by atoms with Crippen LogP contribution >= 0.6 is 0 Å². The number of amides is 1. The quantitative estimate of drug-likeness (QED) is 0.738. The Morgan fingerprint density at radius 2 is 1.78 bits per heavy atom. The lowest BCUT2D eigenvalue weighted by atomic mass is 10.2. The van der Waals surface area contributed by atoms with Crippen molar-refractivity contribution in [2.24, 2.45) is 5.92 Å². The summed E-state index contributed by atoms with van der Waals surface area (Å²) >= 11 is 0. The van der Waals surface area contributed by atoms with Crippen molar-refractivity contribution in [3.05, 3.63) is 29.8 Å². The van der Waals surface area contributed by atoms with E-state index in [0.29, 0.717) is 12.1 Å². The summed E-state index contributed by atoms with van der Waals surface area (Å²) in [5.74, 6) is -1.15. The molecule has 1 amide bonds. The van der Waals surface area contributed by atoms with E-state index in [-0.39, 0.29) is 29.7 Å². The molecule has 0 saturated carbocycles. The smallest absolute Gasteiger partial charge is 0.305 e. The predicted molar refractivity (Wildman–Crippen MR) is 85.7 cm³/mol. The maximum Gasteiger partial charge on any atom is 0.305 e. The fraction of sp³-hybridized carbons (Fsp3) is 0.467. The van der Waals surface area contributed by atoms with E-state index in [1.807, 2.05) is 13.8 Å². The van der Waals surface area contributed by atoms with Gasteiger partial charge in [0.05, 0.1) is 11.3 Å². The number of rotatable bonds is 8. The molecule has 8 heteroatoms. The molecule has 0 saturated heterocycles. The molecule has 23 heavy (non-hydrogen) atoms. The highest BCUT2D eigenvalue weighted by Gasteiger charge is 2.17. The van der Waals surface area contributed by atoms with Crippen LogP contribution in [0.4, 0.5) is 0 Å². The van der Waals surface area contributed by atoms with Gasteiger partial charge in [0.2, 0.25) is 10.0 Å². The normalized spacial score (nSPS) is 11.5. The highest BCUT2D eigenvalue weighted by Crippen LogP contribution is 2.12. The standard InChI is InChI=1S/C15H22N2O5S/c1-11(2)10-16-23(21,22)13-6-4-12(5-7-13)15(20)17(3)9-8-14(18)19/h4-7,11,16H,8-10H2,1-3H3,(H,18,19). The summed E-state index contributed by atoms with van der Waals surface area (Å²) in [4.78, 5) is 24.0. The summed E-state index contributed by atoms with van der Waals surface area (Å²) in [7, 11) is -2.09. The fourth-order valence-corrected chi connectivity index (χ4v) is 2.94. The van der Waals surface area contributed by atoms with Gasteiger partial charge in [-0.3, -0.25) is 9.59 Å². The molecule has 0 atom stereocenters. The van der Waals surface area contributed by atoms with E-state index < -0.39 is 16.0 Å². The van der Waals surface area contributed by atoms with Crippen molar-refractivity contribution in [1.29, 1.82) is 0 Å². The highest BCUT2D eigenvalue weighted by molar-refractivity contribution is 7.89. The molecule has 2 N–H and O–H groups in total. The minimum atomic E-state index is -3.59. The molecule has 1 aromatic rings. The lowest BCUT2D eigenvalue weighted by Gasteiger charge is -2.16. The second-order valence-corrected chi connectivity index (χ2v) is 7.41. The molecule has 128 valence electrons. The number of carboxylic acid groups (broad SMARTS) is 1. The zero-order valence-corrected chi connectivity index (χ0v) is 14.3. The number of nitrogens with zero attached hydrogens (tertiary/aromatic N) is 1. The van der Waals surface area contributed by atoms with Crippen molar-refractivity contribution in [2.45, 2.75) is 25.2 Å². The molecule has 0 fully saturated rings. The molecule has 0 aliphatic rings. The Morgan fingerprint density at radius 3 is 2.26 bits per heavy atom. The number of hydrogen-bond acceptors (Lipinski definition) is 4. The number of carbonyl (C=O) groups is 2. The molecule has 0 aromatic heterocycles. The minimum absolute atomic E-state index is 0.0860. The SMILES string of the molecule is CC(C)CNS(=O)(=O)c1ccc(C(=O)N(C)CCC(=O)O)cc1. The van der Waals surface area contributed by atoms with Crippen LogP contribution in [0, 0.1) is 5.92 Å². The van der Waals surface area contributed by atoms with Gasteiger partial charge in [0.15, 0.2) is 0 Å². The zero-order valence-electron chi connectivity index (χ0n) is 13.4. The molecule has 1 rings (SSSR count). The van der Waals surface area contributed by atoms with Crippen molar-refractivity contribution in [1.82, 2.24) is 9.62 Å². The summed E-state index contributed by atoms with van der Waals surface area (Å²) in [6, 6.07) is 5.56. The number of aliphatic carboxylic acids is 1. The third-order valence-electron chi connectivity index (χ3n) is 3.10. The summed E-state index contributed by atoms with van der Waals surface area (Å²) in [5.41, 5.74) is 0.306. The summed E-state index contributed by atoms with van der Waals surface area (Å²) < 4.78 is 26.6. The Labute approximate surface area is 136 Å². The van der Waals surface area contributed by atoms with Crippen LogP contribution in [0.5, 0.6) is 0 Å². The van der Waals surface area contributed by atoms with Crippen LogP contribution in [0.2, 0.25) is 0 Å². The Balaban J connectivity index is 2.79. The minimum Gasteiger partial charge on any atom is -0.481 e. The third-order valence-corrected chi connectivity index (χ3v) is 4.54. The average molecular weight is 342 g/mol. The van der Waals surface area contributed by atoms with Crippen LogP contribution < -0.4 is 4.72 Å². The summed E-state index contributed by atoms with van der Waals surface area (Å²) in [5, 5.41) is 8.62. The van der Waals surface area contributed by atoms with Crippen LogP contribution in [-0.4, -0.2) is 50.4 Å². The molecule has 0 aliphatic carbocycles. The van der Waals surface area contributed by atoms with E-state index >= 15 is 0 Å². The zero-order chi connectivity index (χ0) is 17.6. The van der Waals surface area contributed by atoms with Crippen molar-refractivity contribution in [3.63, 3.8) is 0 Å². The molecule has 0 aliphatic heterocycles. The molecular formula is C15H22N2O5S. The van der Waals surface area contributed by atoms with Gasteiger partial charge in [0.25, 0.3) is 5.91 Å². The van der Waals surface area contributed by atoms with Gasteiger partial charge < -0.3 is 10.0 Å². The first-order valence-corrected chi connectivity index (χ1v) is 8.69. The van der Waals surface area contributed by atoms with Crippen molar-refractivity contribution in [3.8, 4) is 0 Å². The number of benzene rings is 1. The topological polar surface area (TPSA) is 104 Å². The number of hydrogen-bond donors (Lipinski definition) is 2. The van der Waals surface area contributed by atoms with Gasteiger partial charge in [0.1, 0.15) is 0 Å². The fourth-order valence-electron chi connectivity index (χ4n) is 1.72. The molecule has 0 heterocycles. The van der Waals surface area contributed by atoms with E-state index in [0.717, 1.165) is 0 Å². The maximum atomic E-state index is 12.1. The van der Waals surface area contributed by atoms with Crippen LogP contribution in [0.3, 0.4) is 0 Å². The molecule has 0 radical (unpaired) electrons. The van der Waals surface area contributed by atoms with Gasteiger partial charge in [-0.25, -0.2) is 13.1 Å². The van der Waals surface area contributed by atoms with Crippen LogP contribution in [0.25, 0.3) is 0 Å². The first kappa shape index (κ1) is 19.1. The van der Waals surface area contributed by atoms with Crippen molar-refractivity contribution >= 4 is 21.9 Å². The summed E-state index contributed by atoms with van der Waals surface area (Å²) in [6.45, 7) is 4.22. The number of carbonyl (C=O) groups excluding carboxylic acids is 1. The lowest BCUT2D eigenvalue weighted by molar-refractivity contribution is -0.137. The molecule has 0 bridgehead atoms. The number of nitrogens with one attached hydrogen (secondary N) is 1. The Kier molecular flexibility index (Phi) is 6.71. The van der Waals surface area contributed by atoms with Gasteiger partial charge in [-0.15, -0.1) is 0 Å². The van der Waals surface area contributed by atoms with Crippen molar-refractivity contribution in [2.75, 3.05) is 20.1 Å². The molecule has 7 nitrogen and oxygen atoms in total. The van der Waals surface area contributed by atoms with Crippen LogP contribution in [0.15, 0.2) is 29.2 Å². The van der Waals surface area contributed by atoms with Crippen LogP contribution in [0.1, 0.15) is 30.6 Å². The summed E-state index contributed by atoms with van der Waals surface area (Å²) in [6.07, 6.45) is -0.145. The van der Waals surface area contributed by atoms with E-state index in [1.54, 1.807) is 0 Å². The molecule has 0 spiro atoms. The lowest BCUT2D eigenvalue weighted by Crippen LogP contribution is -2.29. The monoisotopic (exact) mass is 342 g/mol. The molecule has 0 unspecified atom stereocenters. The van der Waals surface area contributed by atoms with E-state index in [1.165, 1.54) is 36.2 Å². The first-order chi connectivity index (χ1) is 10.6. The Hall–Kier alpha value is -1.93. The molecule has 1 aromatic carbocycles.